The third kappa shape index (κ3) is 4.44. The molecule has 1 amide bonds. The average Bonchev–Trinajstić information content (AvgIpc) is 3.23. The minimum Gasteiger partial charge on any atom is -0.368 e. The highest BCUT2D eigenvalue weighted by Crippen LogP contribution is 2.31. The van der Waals surface area contributed by atoms with Gasteiger partial charge in [0.1, 0.15) is 5.82 Å². The van der Waals surface area contributed by atoms with Crippen molar-refractivity contribution in [2.75, 3.05) is 17.2 Å². The molecule has 5 rings (SSSR count). The molecule has 4 aromatic rings. The van der Waals surface area contributed by atoms with E-state index in [0.717, 1.165) is 52.1 Å². The number of nitrogens with zero attached hydrogens (tertiary/aromatic N) is 4. The Morgan fingerprint density at radius 2 is 1.97 bits per heavy atom. The first kappa shape index (κ1) is 21.9. The van der Waals surface area contributed by atoms with Crippen LogP contribution in [0, 0.1) is 12.8 Å². The van der Waals surface area contributed by atoms with Crippen LogP contribution in [0.5, 0.6) is 0 Å². The molecule has 8 heteroatoms. The Labute approximate surface area is 198 Å². The van der Waals surface area contributed by atoms with Gasteiger partial charge in [-0.3, -0.25) is 9.89 Å². The number of nitrogens with two attached hydrogens (primary N) is 1. The van der Waals surface area contributed by atoms with Crippen molar-refractivity contribution in [1.29, 1.82) is 0 Å². The van der Waals surface area contributed by atoms with E-state index >= 15 is 0 Å². The minimum absolute atomic E-state index is 0.0723. The molecular weight excluding hydrogens is 426 g/mol. The van der Waals surface area contributed by atoms with Crippen LogP contribution in [-0.4, -0.2) is 38.7 Å². The van der Waals surface area contributed by atoms with E-state index in [4.69, 9.17) is 5.73 Å². The van der Waals surface area contributed by atoms with E-state index in [-0.39, 0.29) is 23.8 Å². The van der Waals surface area contributed by atoms with E-state index in [0.29, 0.717) is 13.1 Å². The number of aryl methyl sites for hydroxylation is 1. The number of carbonyl (C=O) groups excluding carboxylic acids is 1. The molecule has 0 spiro atoms. The third-order valence-corrected chi connectivity index (χ3v) is 6.64. The molecule has 4 N–H and O–H groups in total. The summed E-state index contributed by atoms with van der Waals surface area (Å²) >= 11 is 0. The van der Waals surface area contributed by atoms with Crippen molar-refractivity contribution in [2.24, 2.45) is 5.92 Å². The van der Waals surface area contributed by atoms with Crippen LogP contribution in [0.2, 0.25) is 0 Å². The Balaban J connectivity index is 1.36. The van der Waals surface area contributed by atoms with Crippen LogP contribution in [-0.2, 0) is 11.3 Å². The molecule has 1 saturated heterocycles. The van der Waals surface area contributed by atoms with Crippen LogP contribution in [0.15, 0.2) is 54.6 Å². The smallest absolute Gasteiger partial charge is 0.225 e. The van der Waals surface area contributed by atoms with Gasteiger partial charge >= 0.3 is 0 Å². The second-order valence-corrected chi connectivity index (χ2v) is 9.02. The van der Waals surface area contributed by atoms with E-state index in [1.807, 2.05) is 61.5 Å². The third-order valence-electron chi connectivity index (χ3n) is 6.64. The van der Waals surface area contributed by atoms with Gasteiger partial charge in [0.05, 0.1) is 22.8 Å². The Bertz CT molecular complexity index is 1320. The molecule has 174 valence electrons. The van der Waals surface area contributed by atoms with Crippen molar-refractivity contribution in [1.82, 2.24) is 25.5 Å². The Morgan fingerprint density at radius 3 is 2.79 bits per heavy atom. The average molecular weight is 456 g/mol. The molecule has 0 radical (unpaired) electrons. The number of fused-ring (bicyclic) bond motifs is 1. The molecule has 1 aliphatic rings. The molecule has 3 heterocycles. The lowest BCUT2D eigenvalue weighted by molar-refractivity contribution is -0.125. The van der Waals surface area contributed by atoms with E-state index in [1.54, 1.807) is 0 Å². The quantitative estimate of drug-likeness (QED) is 0.422. The topological polar surface area (TPSA) is 113 Å². The van der Waals surface area contributed by atoms with Crippen LogP contribution >= 0.6 is 0 Å². The van der Waals surface area contributed by atoms with E-state index in [2.05, 4.69) is 37.3 Å². The Kier molecular flexibility index (Phi) is 5.88. The second-order valence-electron chi connectivity index (χ2n) is 9.02. The molecule has 0 bridgehead atoms. The summed E-state index contributed by atoms with van der Waals surface area (Å²) in [4.78, 5) is 24.1. The van der Waals surface area contributed by atoms with E-state index in [9.17, 15) is 4.79 Å². The minimum atomic E-state index is -0.108. The summed E-state index contributed by atoms with van der Waals surface area (Å²) in [5.74, 6) is 0.930. The van der Waals surface area contributed by atoms with Gasteiger partial charge in [-0.2, -0.15) is 10.1 Å². The van der Waals surface area contributed by atoms with Crippen molar-refractivity contribution in [3.63, 3.8) is 0 Å². The summed E-state index contributed by atoms with van der Waals surface area (Å²) in [7, 11) is 0. The van der Waals surface area contributed by atoms with Gasteiger partial charge < -0.3 is 16.0 Å². The van der Waals surface area contributed by atoms with Crippen LogP contribution in [0.3, 0.4) is 0 Å². The zero-order chi connectivity index (χ0) is 23.7. The first-order valence-corrected chi connectivity index (χ1v) is 11.7. The maximum absolute atomic E-state index is 12.9. The standard InChI is InChI=1S/C26H29N7O/c1-16-8-9-20(25(34)28-14-18-6-4-3-5-7-18)15-33(16)24-13-22(29-26(27)30-24)19-10-11-21-17(2)31-32-23(21)12-19/h3-7,10-13,16,20H,8-9,14-15H2,1-2H3,(H,28,34)(H,31,32)(H2,27,29,30)/t16-,20+/m1/s1. The lowest BCUT2D eigenvalue weighted by Gasteiger charge is -2.38. The Hall–Kier alpha value is -3.94. The van der Waals surface area contributed by atoms with Crippen molar-refractivity contribution >= 4 is 28.6 Å². The van der Waals surface area contributed by atoms with Gasteiger partial charge in [0.2, 0.25) is 11.9 Å². The number of nitrogens with one attached hydrogen (secondary N) is 2. The molecule has 2 aromatic carbocycles. The maximum Gasteiger partial charge on any atom is 0.225 e. The predicted octanol–water partition coefficient (Wildman–Crippen LogP) is 3.83. The molecule has 0 aliphatic carbocycles. The highest BCUT2D eigenvalue weighted by Gasteiger charge is 2.31. The first-order chi connectivity index (χ1) is 16.5. The predicted molar refractivity (Wildman–Crippen MR) is 134 cm³/mol. The van der Waals surface area contributed by atoms with Crippen molar-refractivity contribution in [3.8, 4) is 11.3 Å². The zero-order valence-electron chi connectivity index (χ0n) is 19.5. The number of nitrogen functional groups attached to an aromatic ring is 1. The lowest BCUT2D eigenvalue weighted by Crippen LogP contribution is -2.47. The monoisotopic (exact) mass is 455 g/mol. The fourth-order valence-electron chi connectivity index (χ4n) is 4.63. The number of hydrogen-bond donors (Lipinski definition) is 3. The van der Waals surface area contributed by atoms with E-state index < -0.39 is 0 Å². The molecule has 0 unspecified atom stereocenters. The fraction of sp³-hybridized carbons (Fsp3) is 0.308. The van der Waals surface area contributed by atoms with Gasteiger partial charge in [0, 0.05) is 36.1 Å². The summed E-state index contributed by atoms with van der Waals surface area (Å²) in [6, 6.07) is 18.3. The van der Waals surface area contributed by atoms with Crippen LogP contribution in [0.25, 0.3) is 22.2 Å². The highest BCUT2D eigenvalue weighted by molar-refractivity contribution is 5.86. The second kappa shape index (κ2) is 9.13. The maximum atomic E-state index is 12.9. The largest absolute Gasteiger partial charge is 0.368 e. The molecule has 2 aromatic heterocycles. The van der Waals surface area contributed by atoms with Gasteiger partial charge in [0.15, 0.2) is 0 Å². The molecule has 2 atom stereocenters. The number of piperidine rings is 1. The molecule has 1 fully saturated rings. The van der Waals surface area contributed by atoms with Gasteiger partial charge in [-0.25, -0.2) is 4.98 Å². The number of carbonyl (C=O) groups is 1. The molecule has 34 heavy (non-hydrogen) atoms. The van der Waals surface area contributed by atoms with Crippen LogP contribution in [0.1, 0.15) is 31.0 Å². The summed E-state index contributed by atoms with van der Waals surface area (Å²) in [5.41, 5.74) is 10.8. The van der Waals surface area contributed by atoms with Crippen LogP contribution in [0.4, 0.5) is 11.8 Å². The number of aromatic amines is 1. The number of amides is 1. The zero-order valence-corrected chi connectivity index (χ0v) is 19.5. The molecule has 8 nitrogen and oxygen atoms in total. The van der Waals surface area contributed by atoms with E-state index in [1.165, 1.54) is 0 Å². The summed E-state index contributed by atoms with van der Waals surface area (Å²) in [6.07, 6.45) is 1.75. The van der Waals surface area contributed by atoms with Crippen molar-refractivity contribution < 1.29 is 4.79 Å². The van der Waals surface area contributed by atoms with Gasteiger partial charge in [-0.15, -0.1) is 0 Å². The normalized spacial score (nSPS) is 18.2. The number of H-pyrrole nitrogens is 1. The number of aromatic nitrogens is 4. The number of benzene rings is 2. The first-order valence-electron chi connectivity index (χ1n) is 11.7. The van der Waals surface area contributed by atoms with Gasteiger partial charge in [-0.1, -0.05) is 42.5 Å². The number of hydrogen-bond acceptors (Lipinski definition) is 6. The van der Waals surface area contributed by atoms with Crippen LogP contribution < -0.4 is 16.0 Å². The molecular formula is C26H29N7O. The number of anilines is 2. The molecule has 0 saturated carbocycles. The molecule has 1 aliphatic heterocycles. The highest BCUT2D eigenvalue weighted by atomic mass is 16.1. The SMILES string of the molecule is Cc1n[nH]c2cc(-c3cc(N4C[C@@H](C(=O)NCc5ccccc5)CC[C@H]4C)nc(N)n3)ccc12. The van der Waals surface area contributed by atoms with Crippen molar-refractivity contribution in [2.45, 2.75) is 39.3 Å². The summed E-state index contributed by atoms with van der Waals surface area (Å²) in [5, 5.41) is 11.5. The fourth-order valence-corrected chi connectivity index (χ4v) is 4.63. The van der Waals surface area contributed by atoms with Gasteiger partial charge in [-0.05, 0) is 38.3 Å². The van der Waals surface area contributed by atoms with Crippen molar-refractivity contribution in [3.05, 3.63) is 65.9 Å². The Morgan fingerprint density at radius 1 is 1.15 bits per heavy atom. The summed E-state index contributed by atoms with van der Waals surface area (Å²) < 4.78 is 0. The lowest BCUT2D eigenvalue weighted by atomic mass is 9.92. The summed E-state index contributed by atoms with van der Waals surface area (Å²) in [6.45, 7) is 5.27. The van der Waals surface area contributed by atoms with Gasteiger partial charge in [0.25, 0.3) is 0 Å². The number of rotatable bonds is 5.